The van der Waals surface area contributed by atoms with Gasteiger partial charge in [0, 0.05) is 25.1 Å². The second kappa shape index (κ2) is 10.5. The fourth-order valence-electron chi connectivity index (χ4n) is 2.90. The molecule has 164 valence electrons. The number of hydrogen-bond donors (Lipinski definition) is 2. The predicted octanol–water partition coefficient (Wildman–Crippen LogP) is 4.32. The molecule has 1 aromatic heterocycles. The van der Waals surface area contributed by atoms with Gasteiger partial charge in [0.25, 0.3) is 5.91 Å². The number of carboxylic acids is 1. The van der Waals surface area contributed by atoms with E-state index in [0.717, 1.165) is 17.3 Å². The minimum atomic E-state index is -1.24. The molecule has 32 heavy (non-hydrogen) atoms. The van der Waals surface area contributed by atoms with Gasteiger partial charge < -0.3 is 15.3 Å². The van der Waals surface area contributed by atoms with Gasteiger partial charge in [-0.3, -0.25) is 4.79 Å². The standard InChI is InChI=1S/C23H20ClFN4O3/c1-29(23-26-13-4-14-27-23)16-11-9-15(10-12-16)5-2-8-19(22(31)32)28-21(30)20-17(24)6-3-7-18(20)25/h2-7,9-14,19H,8H2,1H3,(H,28,30)(H,31,32)/b5-2+. The molecule has 0 bridgehead atoms. The Morgan fingerprint density at radius 1 is 1.16 bits per heavy atom. The van der Waals surface area contributed by atoms with Gasteiger partial charge >= 0.3 is 5.97 Å². The van der Waals surface area contributed by atoms with Crippen molar-refractivity contribution in [1.29, 1.82) is 0 Å². The summed E-state index contributed by atoms with van der Waals surface area (Å²) in [7, 11) is 1.85. The molecule has 3 aromatic rings. The van der Waals surface area contributed by atoms with Crippen molar-refractivity contribution in [2.24, 2.45) is 0 Å². The summed E-state index contributed by atoms with van der Waals surface area (Å²) < 4.78 is 13.9. The summed E-state index contributed by atoms with van der Waals surface area (Å²) in [4.78, 5) is 34.1. The van der Waals surface area contributed by atoms with Crippen molar-refractivity contribution in [2.45, 2.75) is 12.5 Å². The summed E-state index contributed by atoms with van der Waals surface area (Å²) in [5.74, 6) is -2.38. The minimum Gasteiger partial charge on any atom is -0.480 e. The van der Waals surface area contributed by atoms with Crippen LogP contribution in [0.4, 0.5) is 16.0 Å². The molecule has 1 atom stereocenters. The van der Waals surface area contributed by atoms with Gasteiger partial charge in [-0.2, -0.15) is 0 Å². The van der Waals surface area contributed by atoms with E-state index in [1.165, 1.54) is 12.1 Å². The van der Waals surface area contributed by atoms with Gasteiger partial charge in [-0.1, -0.05) is 42.0 Å². The molecular formula is C23H20ClFN4O3. The number of hydrogen-bond acceptors (Lipinski definition) is 5. The quantitative estimate of drug-likeness (QED) is 0.526. The monoisotopic (exact) mass is 454 g/mol. The maximum atomic E-state index is 13.9. The lowest BCUT2D eigenvalue weighted by Gasteiger charge is -2.16. The van der Waals surface area contributed by atoms with Crippen LogP contribution < -0.4 is 10.2 Å². The number of aromatic nitrogens is 2. The number of carboxylic acid groups (broad SMARTS) is 1. The minimum absolute atomic E-state index is 0.00660. The van der Waals surface area contributed by atoms with Gasteiger partial charge in [-0.15, -0.1) is 0 Å². The number of rotatable bonds is 8. The van der Waals surface area contributed by atoms with E-state index in [0.29, 0.717) is 5.95 Å². The number of carbonyl (C=O) groups excluding carboxylic acids is 1. The van der Waals surface area contributed by atoms with Gasteiger partial charge in [0.15, 0.2) is 0 Å². The Kier molecular flexibility index (Phi) is 7.51. The van der Waals surface area contributed by atoms with Crippen molar-refractivity contribution in [3.05, 3.63) is 89.0 Å². The fraction of sp³-hybridized carbons (Fsp3) is 0.130. The van der Waals surface area contributed by atoms with Crippen molar-refractivity contribution < 1.29 is 19.1 Å². The number of aliphatic carboxylic acids is 1. The first-order valence-electron chi connectivity index (χ1n) is 9.62. The topological polar surface area (TPSA) is 95.4 Å². The molecule has 9 heteroatoms. The predicted molar refractivity (Wildman–Crippen MR) is 120 cm³/mol. The third-order valence-electron chi connectivity index (χ3n) is 4.61. The van der Waals surface area contributed by atoms with E-state index in [9.17, 15) is 19.1 Å². The van der Waals surface area contributed by atoms with Crippen LogP contribution >= 0.6 is 11.6 Å². The highest BCUT2D eigenvalue weighted by Gasteiger charge is 2.23. The van der Waals surface area contributed by atoms with Gasteiger partial charge in [0.1, 0.15) is 11.9 Å². The highest BCUT2D eigenvalue weighted by atomic mass is 35.5. The normalized spacial score (nSPS) is 11.8. The Balaban J connectivity index is 1.64. The molecule has 0 saturated heterocycles. The zero-order valence-corrected chi connectivity index (χ0v) is 17.8. The van der Waals surface area contributed by atoms with Crippen molar-refractivity contribution in [2.75, 3.05) is 11.9 Å². The maximum absolute atomic E-state index is 13.9. The molecule has 0 fully saturated rings. The number of amides is 1. The Labute approximate surface area is 189 Å². The maximum Gasteiger partial charge on any atom is 0.326 e. The van der Waals surface area contributed by atoms with Crippen LogP contribution in [0.1, 0.15) is 22.3 Å². The number of benzene rings is 2. The van der Waals surface area contributed by atoms with E-state index in [4.69, 9.17) is 11.6 Å². The Morgan fingerprint density at radius 2 is 1.84 bits per heavy atom. The van der Waals surface area contributed by atoms with Crippen molar-refractivity contribution >= 4 is 41.2 Å². The van der Waals surface area contributed by atoms with Crippen LogP contribution in [0.3, 0.4) is 0 Å². The Bertz CT molecular complexity index is 1100. The summed E-state index contributed by atoms with van der Waals surface area (Å²) in [6, 6.07) is 11.8. The van der Waals surface area contributed by atoms with E-state index in [-0.39, 0.29) is 17.0 Å². The summed E-state index contributed by atoms with van der Waals surface area (Å²) in [5.41, 5.74) is 1.33. The molecule has 1 unspecified atom stereocenters. The van der Waals surface area contributed by atoms with Gasteiger partial charge in [-0.25, -0.2) is 19.2 Å². The highest BCUT2D eigenvalue weighted by molar-refractivity contribution is 6.33. The second-order valence-electron chi connectivity index (χ2n) is 6.80. The highest BCUT2D eigenvalue weighted by Crippen LogP contribution is 2.21. The first-order chi connectivity index (χ1) is 15.4. The zero-order valence-electron chi connectivity index (χ0n) is 17.1. The molecular weight excluding hydrogens is 435 g/mol. The lowest BCUT2D eigenvalue weighted by molar-refractivity contribution is -0.139. The summed E-state index contributed by atoms with van der Waals surface area (Å²) in [6.07, 6.45) is 6.69. The SMILES string of the molecule is CN(c1ccc(/C=C/CC(NC(=O)c2c(F)cccc2Cl)C(=O)O)cc1)c1ncccn1. The molecule has 7 nitrogen and oxygen atoms in total. The van der Waals surface area contributed by atoms with E-state index in [1.54, 1.807) is 30.6 Å². The van der Waals surface area contributed by atoms with Crippen LogP contribution in [-0.4, -0.2) is 40.0 Å². The summed E-state index contributed by atoms with van der Waals surface area (Å²) in [5, 5.41) is 11.6. The van der Waals surface area contributed by atoms with Crippen molar-refractivity contribution in [3.63, 3.8) is 0 Å². The van der Waals surface area contributed by atoms with Crippen LogP contribution in [0, 0.1) is 5.82 Å². The van der Waals surface area contributed by atoms with Crippen molar-refractivity contribution in [1.82, 2.24) is 15.3 Å². The van der Waals surface area contributed by atoms with E-state index < -0.39 is 23.7 Å². The van der Waals surface area contributed by atoms with Gasteiger partial charge in [0.05, 0.1) is 10.6 Å². The third-order valence-corrected chi connectivity index (χ3v) is 4.92. The number of halogens is 2. The molecule has 2 N–H and O–H groups in total. The molecule has 1 amide bonds. The van der Waals surface area contributed by atoms with Crippen LogP contribution in [0.2, 0.25) is 5.02 Å². The number of nitrogens with zero attached hydrogens (tertiary/aromatic N) is 3. The molecule has 0 aliphatic rings. The smallest absolute Gasteiger partial charge is 0.326 e. The average Bonchev–Trinajstić information content (AvgIpc) is 2.78. The molecule has 1 heterocycles. The average molecular weight is 455 g/mol. The Hall–Kier alpha value is -3.78. The molecule has 0 aliphatic carbocycles. The fourth-order valence-corrected chi connectivity index (χ4v) is 3.14. The van der Waals surface area contributed by atoms with Gasteiger partial charge in [-0.05, 0) is 42.3 Å². The van der Waals surface area contributed by atoms with Crippen LogP contribution in [0.5, 0.6) is 0 Å². The van der Waals surface area contributed by atoms with E-state index in [1.807, 2.05) is 36.2 Å². The van der Waals surface area contributed by atoms with E-state index >= 15 is 0 Å². The molecule has 2 aromatic carbocycles. The second-order valence-corrected chi connectivity index (χ2v) is 7.21. The summed E-state index contributed by atoms with van der Waals surface area (Å²) in [6.45, 7) is 0. The lowest BCUT2D eigenvalue weighted by Crippen LogP contribution is -2.40. The van der Waals surface area contributed by atoms with Crippen LogP contribution in [0.25, 0.3) is 6.08 Å². The molecule has 3 rings (SSSR count). The number of carbonyl (C=O) groups is 2. The molecule has 0 saturated carbocycles. The van der Waals surface area contributed by atoms with Crippen molar-refractivity contribution in [3.8, 4) is 0 Å². The number of nitrogens with one attached hydrogen (secondary N) is 1. The zero-order chi connectivity index (χ0) is 23.1. The first kappa shape index (κ1) is 22.9. The molecule has 0 spiro atoms. The first-order valence-corrected chi connectivity index (χ1v) is 9.99. The molecule has 0 radical (unpaired) electrons. The lowest BCUT2D eigenvalue weighted by atomic mass is 10.1. The van der Waals surface area contributed by atoms with Gasteiger partial charge in [0.2, 0.25) is 5.95 Å². The Morgan fingerprint density at radius 3 is 2.47 bits per heavy atom. The molecule has 0 aliphatic heterocycles. The van der Waals surface area contributed by atoms with E-state index in [2.05, 4.69) is 15.3 Å². The third kappa shape index (κ3) is 5.67. The van der Waals surface area contributed by atoms with Crippen LogP contribution in [-0.2, 0) is 4.79 Å². The summed E-state index contributed by atoms with van der Waals surface area (Å²) >= 11 is 5.87. The number of anilines is 2. The largest absolute Gasteiger partial charge is 0.480 e. The van der Waals surface area contributed by atoms with Crippen LogP contribution in [0.15, 0.2) is 67.0 Å².